The summed E-state index contributed by atoms with van der Waals surface area (Å²) < 4.78 is 16.7. The highest BCUT2D eigenvalue weighted by Crippen LogP contribution is 2.49. The Morgan fingerprint density at radius 1 is 1.17 bits per heavy atom. The predicted molar refractivity (Wildman–Crippen MR) is 133 cm³/mol. The molecule has 4 heterocycles. The molecule has 0 radical (unpaired) electrons. The van der Waals surface area contributed by atoms with E-state index in [1.165, 1.54) is 0 Å². The molecule has 1 saturated carbocycles. The van der Waals surface area contributed by atoms with Crippen molar-refractivity contribution in [2.24, 2.45) is 5.92 Å². The van der Waals surface area contributed by atoms with Crippen LogP contribution in [0.2, 0.25) is 0 Å². The van der Waals surface area contributed by atoms with Crippen molar-refractivity contribution in [2.75, 3.05) is 16.8 Å². The molecule has 1 saturated heterocycles. The maximum absolute atomic E-state index is 14.8. The molecule has 2 aliphatic rings. The van der Waals surface area contributed by atoms with Crippen molar-refractivity contribution < 1.29 is 9.50 Å². The second kappa shape index (κ2) is 7.98. The fourth-order valence-corrected chi connectivity index (χ4v) is 5.46. The Kier molecular flexibility index (Phi) is 5.00. The molecule has 4 unspecified atom stereocenters. The van der Waals surface area contributed by atoms with Crippen molar-refractivity contribution in [3.8, 4) is 5.82 Å². The number of rotatable bonds is 5. The third-order valence-electron chi connectivity index (χ3n) is 7.38. The van der Waals surface area contributed by atoms with Crippen LogP contribution in [0.3, 0.4) is 0 Å². The summed E-state index contributed by atoms with van der Waals surface area (Å²) in [6.45, 7) is 5.97. The van der Waals surface area contributed by atoms with Crippen LogP contribution in [-0.2, 0) is 0 Å². The molecule has 8 nitrogen and oxygen atoms in total. The van der Waals surface area contributed by atoms with Crippen molar-refractivity contribution in [3.05, 3.63) is 60.0 Å². The second-order valence-electron chi connectivity index (χ2n) is 9.98. The summed E-state index contributed by atoms with van der Waals surface area (Å²) in [7, 11) is 0. The number of fused-ring (bicyclic) bond motifs is 3. The number of pyridine rings is 1. The molecule has 35 heavy (non-hydrogen) atoms. The van der Waals surface area contributed by atoms with Gasteiger partial charge in [0.1, 0.15) is 23.6 Å². The summed E-state index contributed by atoms with van der Waals surface area (Å²) in [4.78, 5) is 11.7. The minimum absolute atomic E-state index is 0.00183. The van der Waals surface area contributed by atoms with Gasteiger partial charge in [-0.3, -0.25) is 4.57 Å². The van der Waals surface area contributed by atoms with Gasteiger partial charge >= 0.3 is 0 Å². The van der Waals surface area contributed by atoms with E-state index >= 15 is 0 Å². The molecule has 3 aromatic heterocycles. The van der Waals surface area contributed by atoms with E-state index in [4.69, 9.17) is 4.98 Å². The van der Waals surface area contributed by atoms with E-state index < -0.39 is 11.8 Å². The Labute approximate surface area is 202 Å². The summed E-state index contributed by atoms with van der Waals surface area (Å²) in [6.07, 6.45) is 2.41. The van der Waals surface area contributed by atoms with E-state index in [9.17, 15) is 9.50 Å². The van der Waals surface area contributed by atoms with Gasteiger partial charge in [-0.25, -0.2) is 14.4 Å². The SMILES string of the molecule is Cc1ccc(Nc2ccc3c(c2)ncn3-c2ccc(C(C)O)c(N3CC4CC3CC4(C)F)n2)nn1. The molecule has 180 valence electrons. The fourth-order valence-electron chi connectivity index (χ4n) is 5.46. The molecule has 1 aliphatic heterocycles. The van der Waals surface area contributed by atoms with Crippen LogP contribution < -0.4 is 10.2 Å². The van der Waals surface area contributed by atoms with Crippen LogP contribution in [-0.4, -0.2) is 48.1 Å². The number of nitrogens with one attached hydrogen (secondary N) is 1. The van der Waals surface area contributed by atoms with Gasteiger partial charge in [0.25, 0.3) is 0 Å². The van der Waals surface area contributed by atoms with Gasteiger partial charge in [-0.1, -0.05) is 0 Å². The number of anilines is 3. The largest absolute Gasteiger partial charge is 0.389 e. The maximum Gasteiger partial charge on any atom is 0.153 e. The Morgan fingerprint density at radius 2 is 2.03 bits per heavy atom. The van der Waals surface area contributed by atoms with E-state index in [-0.39, 0.29) is 12.0 Å². The van der Waals surface area contributed by atoms with Crippen molar-refractivity contribution in [1.29, 1.82) is 0 Å². The Hall–Kier alpha value is -3.59. The quantitative estimate of drug-likeness (QED) is 0.436. The van der Waals surface area contributed by atoms with Crippen LogP contribution in [0.4, 0.5) is 21.7 Å². The third kappa shape index (κ3) is 3.80. The minimum Gasteiger partial charge on any atom is -0.389 e. The number of piperidine rings is 1. The lowest BCUT2D eigenvalue weighted by molar-refractivity contribution is 0.125. The lowest BCUT2D eigenvalue weighted by atomic mass is 9.93. The highest BCUT2D eigenvalue weighted by Gasteiger charge is 2.53. The van der Waals surface area contributed by atoms with E-state index in [2.05, 4.69) is 25.4 Å². The average molecular weight is 474 g/mol. The maximum atomic E-state index is 14.8. The molecule has 2 bridgehead atoms. The molecule has 1 aliphatic carbocycles. The van der Waals surface area contributed by atoms with Gasteiger partial charge < -0.3 is 15.3 Å². The number of imidazole rings is 1. The van der Waals surface area contributed by atoms with Crippen LogP contribution in [0, 0.1) is 12.8 Å². The van der Waals surface area contributed by atoms with Gasteiger partial charge in [-0.2, -0.15) is 5.10 Å². The van der Waals surface area contributed by atoms with E-state index in [1.807, 2.05) is 54.0 Å². The fraction of sp³-hybridized carbons (Fsp3) is 0.385. The van der Waals surface area contributed by atoms with Gasteiger partial charge in [0.05, 0.1) is 22.8 Å². The first kappa shape index (κ1) is 21.9. The first-order valence-electron chi connectivity index (χ1n) is 12.0. The highest BCUT2D eigenvalue weighted by molar-refractivity contribution is 5.82. The van der Waals surface area contributed by atoms with Crippen molar-refractivity contribution in [3.63, 3.8) is 0 Å². The van der Waals surface area contributed by atoms with Crippen molar-refractivity contribution >= 4 is 28.4 Å². The Bertz CT molecular complexity index is 1400. The minimum atomic E-state index is -1.12. The van der Waals surface area contributed by atoms with Crippen LogP contribution >= 0.6 is 0 Å². The molecule has 9 heteroatoms. The smallest absolute Gasteiger partial charge is 0.153 e. The zero-order valence-electron chi connectivity index (χ0n) is 20.0. The number of aromatic nitrogens is 5. The number of hydrogen-bond donors (Lipinski definition) is 2. The zero-order valence-corrected chi connectivity index (χ0v) is 20.0. The molecule has 4 aromatic rings. The lowest BCUT2D eigenvalue weighted by Gasteiger charge is -2.35. The van der Waals surface area contributed by atoms with Gasteiger partial charge in [0, 0.05) is 36.2 Å². The zero-order chi connectivity index (χ0) is 24.3. The van der Waals surface area contributed by atoms with Crippen molar-refractivity contribution in [1.82, 2.24) is 24.7 Å². The number of aliphatic hydroxyl groups excluding tert-OH is 1. The van der Waals surface area contributed by atoms with Crippen LogP contribution in [0.25, 0.3) is 16.9 Å². The number of alkyl halides is 1. The number of halogens is 1. The van der Waals surface area contributed by atoms with Gasteiger partial charge in [0.15, 0.2) is 5.82 Å². The molecule has 6 rings (SSSR count). The molecule has 4 atom stereocenters. The molecule has 2 N–H and O–H groups in total. The number of hydrogen-bond acceptors (Lipinski definition) is 7. The van der Waals surface area contributed by atoms with E-state index in [0.717, 1.165) is 40.2 Å². The molecule has 0 amide bonds. The first-order valence-corrected chi connectivity index (χ1v) is 12.0. The van der Waals surface area contributed by atoms with Crippen LogP contribution in [0.5, 0.6) is 0 Å². The summed E-state index contributed by atoms with van der Waals surface area (Å²) in [5.74, 6) is 2.11. The molecule has 0 spiro atoms. The van der Waals surface area contributed by atoms with Crippen molar-refractivity contribution in [2.45, 2.75) is 51.4 Å². The highest BCUT2D eigenvalue weighted by atomic mass is 19.1. The monoisotopic (exact) mass is 473 g/mol. The topological polar surface area (TPSA) is 92.0 Å². The van der Waals surface area contributed by atoms with E-state index in [0.29, 0.717) is 24.6 Å². The number of aryl methyl sites for hydroxylation is 1. The normalized spacial score (nSPS) is 24.3. The summed E-state index contributed by atoms with van der Waals surface area (Å²) >= 11 is 0. The molecule has 1 aromatic carbocycles. The average Bonchev–Trinajstić information content (AvgIpc) is 3.51. The molecule has 2 fully saturated rings. The Morgan fingerprint density at radius 3 is 2.71 bits per heavy atom. The number of benzene rings is 1. The summed E-state index contributed by atoms with van der Waals surface area (Å²) in [5, 5.41) is 21.9. The summed E-state index contributed by atoms with van der Waals surface area (Å²) in [6, 6.07) is 13.6. The molecular weight excluding hydrogens is 445 g/mol. The van der Waals surface area contributed by atoms with Gasteiger partial charge in [-0.05, 0) is 69.7 Å². The molecular formula is C26H28FN7O. The second-order valence-corrected chi connectivity index (χ2v) is 9.98. The van der Waals surface area contributed by atoms with E-state index in [1.54, 1.807) is 20.2 Å². The standard InChI is InChI=1S/C26H28FN7O/c1-15-4-8-23(32-31-15)29-18-5-7-22-21(11-18)28-14-34(22)24-9-6-20(16(2)35)25(30-24)33-13-17-10-19(33)12-26(17,3)27/h4-9,11,14,16-17,19,35H,10,12-13H2,1-3H3,(H,29,32). The van der Waals surface area contributed by atoms with Crippen LogP contribution in [0.15, 0.2) is 48.8 Å². The summed E-state index contributed by atoms with van der Waals surface area (Å²) in [5.41, 5.74) is 3.08. The van der Waals surface area contributed by atoms with Gasteiger partial charge in [-0.15, -0.1) is 5.10 Å². The number of nitrogens with zero attached hydrogens (tertiary/aromatic N) is 6. The third-order valence-corrected chi connectivity index (χ3v) is 7.38. The van der Waals surface area contributed by atoms with Crippen LogP contribution in [0.1, 0.15) is 44.1 Å². The number of aliphatic hydroxyl groups is 1. The Balaban J connectivity index is 1.33. The predicted octanol–water partition coefficient (Wildman–Crippen LogP) is 4.64. The lowest BCUT2D eigenvalue weighted by Crippen LogP contribution is -2.42. The van der Waals surface area contributed by atoms with Gasteiger partial charge in [0.2, 0.25) is 0 Å². The first-order chi connectivity index (χ1) is 16.8.